The Morgan fingerprint density at radius 2 is 2.00 bits per heavy atom. The Morgan fingerprint density at radius 1 is 1.35 bits per heavy atom. The lowest BCUT2D eigenvalue weighted by Crippen LogP contribution is -2.57. The molecule has 0 saturated carbocycles. The van der Waals surface area contributed by atoms with Crippen LogP contribution in [0.1, 0.15) is 40.0 Å². The molecule has 1 fully saturated rings. The molecule has 1 aliphatic rings. The van der Waals surface area contributed by atoms with E-state index < -0.39 is 5.54 Å². The Balaban J connectivity index is 2.58. The van der Waals surface area contributed by atoms with Gasteiger partial charge in [-0.05, 0) is 52.7 Å². The molecule has 0 aromatic rings. The molecule has 0 radical (unpaired) electrons. The third-order valence-corrected chi connectivity index (χ3v) is 3.23. The van der Waals surface area contributed by atoms with Crippen LogP contribution in [0.25, 0.3) is 0 Å². The Kier molecular flexibility index (Phi) is 5.92. The van der Waals surface area contributed by atoms with E-state index in [2.05, 4.69) is 17.1 Å². The summed E-state index contributed by atoms with van der Waals surface area (Å²) in [7, 11) is 0. The number of hydrogen-bond acceptors (Lipinski definition) is 4. The normalized spacial score (nSPS) is 20.2. The number of carbonyl (C=O) groups excluding carboxylic acids is 1. The van der Waals surface area contributed by atoms with E-state index in [-0.39, 0.29) is 5.97 Å². The lowest BCUT2D eigenvalue weighted by atomic mass is 10.0. The minimum absolute atomic E-state index is 0.125. The SMILES string of the molecule is CCCNC(C)(CN1CCCC1)C(=O)OCC. The van der Waals surface area contributed by atoms with Crippen LogP contribution in [0.15, 0.2) is 0 Å². The Morgan fingerprint density at radius 3 is 2.53 bits per heavy atom. The van der Waals surface area contributed by atoms with E-state index >= 15 is 0 Å². The smallest absolute Gasteiger partial charge is 0.327 e. The molecule has 1 heterocycles. The maximum atomic E-state index is 12.0. The van der Waals surface area contributed by atoms with E-state index in [1.54, 1.807) is 0 Å². The Hall–Kier alpha value is -0.610. The predicted octanol–water partition coefficient (Wildman–Crippen LogP) is 1.40. The van der Waals surface area contributed by atoms with Crippen LogP contribution in [0.3, 0.4) is 0 Å². The number of nitrogens with one attached hydrogen (secondary N) is 1. The summed E-state index contributed by atoms with van der Waals surface area (Å²) in [5.41, 5.74) is -0.559. The summed E-state index contributed by atoms with van der Waals surface area (Å²) in [4.78, 5) is 14.4. The highest BCUT2D eigenvalue weighted by molar-refractivity contribution is 5.80. The van der Waals surface area contributed by atoms with E-state index in [1.807, 2.05) is 13.8 Å². The zero-order valence-corrected chi connectivity index (χ0v) is 11.4. The van der Waals surface area contributed by atoms with Crippen molar-refractivity contribution in [2.24, 2.45) is 0 Å². The number of hydrogen-bond donors (Lipinski definition) is 1. The standard InChI is InChI=1S/C13H26N2O2/c1-4-8-14-13(3,12(16)17-5-2)11-15-9-6-7-10-15/h14H,4-11H2,1-3H3. The van der Waals surface area contributed by atoms with Gasteiger partial charge in [0.2, 0.25) is 0 Å². The fraction of sp³-hybridized carbons (Fsp3) is 0.923. The fourth-order valence-electron chi connectivity index (χ4n) is 2.27. The number of ether oxygens (including phenoxy) is 1. The Bertz CT molecular complexity index is 240. The molecule has 100 valence electrons. The van der Waals surface area contributed by atoms with Gasteiger partial charge in [0, 0.05) is 6.54 Å². The van der Waals surface area contributed by atoms with Crippen molar-refractivity contribution in [2.45, 2.75) is 45.6 Å². The molecular weight excluding hydrogens is 216 g/mol. The molecule has 1 atom stereocenters. The van der Waals surface area contributed by atoms with Crippen LogP contribution in [0.2, 0.25) is 0 Å². The summed E-state index contributed by atoms with van der Waals surface area (Å²) in [6.45, 7) is 10.2. The van der Waals surface area contributed by atoms with Gasteiger partial charge >= 0.3 is 5.97 Å². The Labute approximate surface area is 105 Å². The second-order valence-corrected chi connectivity index (χ2v) is 4.96. The summed E-state index contributed by atoms with van der Waals surface area (Å²) >= 11 is 0. The molecule has 1 unspecified atom stereocenters. The maximum Gasteiger partial charge on any atom is 0.327 e. The minimum Gasteiger partial charge on any atom is -0.465 e. The van der Waals surface area contributed by atoms with Crippen LogP contribution in [-0.2, 0) is 9.53 Å². The van der Waals surface area contributed by atoms with Crippen LogP contribution in [0.5, 0.6) is 0 Å². The second-order valence-electron chi connectivity index (χ2n) is 4.96. The predicted molar refractivity (Wildman–Crippen MR) is 69.0 cm³/mol. The average Bonchev–Trinajstić information content (AvgIpc) is 2.79. The van der Waals surface area contributed by atoms with Gasteiger partial charge in [-0.25, -0.2) is 0 Å². The topological polar surface area (TPSA) is 41.6 Å². The molecule has 4 nitrogen and oxygen atoms in total. The lowest BCUT2D eigenvalue weighted by molar-refractivity contribution is -0.151. The summed E-state index contributed by atoms with van der Waals surface area (Å²) in [6, 6.07) is 0. The highest BCUT2D eigenvalue weighted by Gasteiger charge is 2.36. The van der Waals surface area contributed by atoms with Crippen molar-refractivity contribution in [3.8, 4) is 0 Å². The third-order valence-electron chi connectivity index (χ3n) is 3.23. The molecule has 0 aromatic carbocycles. The number of carbonyl (C=O) groups is 1. The number of nitrogens with zero attached hydrogens (tertiary/aromatic N) is 1. The van der Waals surface area contributed by atoms with Gasteiger partial charge in [-0.1, -0.05) is 6.92 Å². The fourth-order valence-corrected chi connectivity index (χ4v) is 2.27. The first-order valence-electron chi connectivity index (χ1n) is 6.77. The van der Waals surface area contributed by atoms with Gasteiger partial charge in [0.25, 0.3) is 0 Å². The van der Waals surface area contributed by atoms with E-state index in [9.17, 15) is 4.79 Å². The summed E-state index contributed by atoms with van der Waals surface area (Å²) in [5, 5.41) is 3.34. The summed E-state index contributed by atoms with van der Waals surface area (Å²) in [6.07, 6.45) is 3.51. The van der Waals surface area contributed by atoms with Crippen LogP contribution in [-0.4, -0.2) is 49.2 Å². The zero-order valence-electron chi connectivity index (χ0n) is 11.4. The van der Waals surface area contributed by atoms with E-state index in [0.29, 0.717) is 6.61 Å². The average molecular weight is 242 g/mol. The van der Waals surface area contributed by atoms with Gasteiger partial charge in [0.1, 0.15) is 5.54 Å². The minimum atomic E-state index is -0.559. The van der Waals surface area contributed by atoms with Gasteiger partial charge < -0.3 is 15.0 Å². The highest BCUT2D eigenvalue weighted by Crippen LogP contribution is 2.15. The first-order chi connectivity index (χ1) is 8.12. The molecule has 4 heteroatoms. The van der Waals surface area contributed by atoms with E-state index in [1.165, 1.54) is 12.8 Å². The second kappa shape index (κ2) is 6.97. The zero-order chi connectivity index (χ0) is 12.7. The lowest BCUT2D eigenvalue weighted by Gasteiger charge is -2.32. The van der Waals surface area contributed by atoms with Gasteiger partial charge in [0.15, 0.2) is 0 Å². The van der Waals surface area contributed by atoms with Crippen molar-refractivity contribution in [1.29, 1.82) is 0 Å². The number of esters is 1. The number of rotatable bonds is 7. The van der Waals surface area contributed by atoms with Crippen LogP contribution >= 0.6 is 0 Å². The van der Waals surface area contributed by atoms with E-state index in [0.717, 1.165) is 32.6 Å². The van der Waals surface area contributed by atoms with Crippen LogP contribution in [0.4, 0.5) is 0 Å². The molecule has 0 aliphatic carbocycles. The van der Waals surface area contributed by atoms with Gasteiger partial charge in [-0.3, -0.25) is 4.79 Å². The van der Waals surface area contributed by atoms with Crippen LogP contribution in [0, 0.1) is 0 Å². The first kappa shape index (κ1) is 14.5. The summed E-state index contributed by atoms with van der Waals surface area (Å²) in [5.74, 6) is -0.125. The largest absolute Gasteiger partial charge is 0.465 e. The van der Waals surface area contributed by atoms with Gasteiger partial charge in [-0.2, -0.15) is 0 Å². The van der Waals surface area contributed by atoms with Crippen molar-refractivity contribution in [1.82, 2.24) is 10.2 Å². The van der Waals surface area contributed by atoms with Gasteiger partial charge in [-0.15, -0.1) is 0 Å². The molecule has 1 saturated heterocycles. The highest BCUT2D eigenvalue weighted by atomic mass is 16.5. The molecule has 1 rings (SSSR count). The molecule has 0 spiro atoms. The quantitative estimate of drug-likeness (QED) is 0.685. The first-order valence-corrected chi connectivity index (χ1v) is 6.77. The van der Waals surface area contributed by atoms with Crippen molar-refractivity contribution in [3.63, 3.8) is 0 Å². The van der Waals surface area contributed by atoms with Crippen molar-refractivity contribution in [2.75, 3.05) is 32.8 Å². The monoisotopic (exact) mass is 242 g/mol. The molecule has 17 heavy (non-hydrogen) atoms. The van der Waals surface area contributed by atoms with Crippen molar-refractivity contribution >= 4 is 5.97 Å². The van der Waals surface area contributed by atoms with Crippen molar-refractivity contribution in [3.05, 3.63) is 0 Å². The maximum absolute atomic E-state index is 12.0. The van der Waals surface area contributed by atoms with Crippen LogP contribution < -0.4 is 5.32 Å². The molecular formula is C13H26N2O2. The molecule has 1 N–H and O–H groups in total. The molecule has 1 aliphatic heterocycles. The number of likely N-dealkylation sites (tertiary alicyclic amines) is 1. The third kappa shape index (κ3) is 4.28. The van der Waals surface area contributed by atoms with Crippen molar-refractivity contribution < 1.29 is 9.53 Å². The molecule has 0 aromatic heterocycles. The molecule has 0 amide bonds. The van der Waals surface area contributed by atoms with E-state index in [4.69, 9.17) is 4.74 Å². The molecule has 0 bridgehead atoms. The van der Waals surface area contributed by atoms with Gasteiger partial charge in [0.05, 0.1) is 6.61 Å². The summed E-state index contributed by atoms with van der Waals surface area (Å²) < 4.78 is 5.19.